The summed E-state index contributed by atoms with van der Waals surface area (Å²) < 4.78 is 22.3. The van der Waals surface area contributed by atoms with Crippen LogP contribution < -0.4 is 15.8 Å². The number of primary sulfonamides is 1. The van der Waals surface area contributed by atoms with Gasteiger partial charge in [-0.25, -0.2) is 18.4 Å². The number of hydrogen-bond donors (Lipinski definition) is 3. The lowest BCUT2D eigenvalue weighted by atomic mass is 10.1. The van der Waals surface area contributed by atoms with Crippen molar-refractivity contribution in [2.24, 2.45) is 5.14 Å². The van der Waals surface area contributed by atoms with Crippen LogP contribution in [0.2, 0.25) is 10.0 Å². The summed E-state index contributed by atoms with van der Waals surface area (Å²) in [5.74, 6) is 0. The van der Waals surface area contributed by atoms with Crippen molar-refractivity contribution >= 4 is 44.9 Å². The second-order valence-corrected chi connectivity index (χ2v) is 7.26. The molecule has 0 saturated heterocycles. The van der Waals surface area contributed by atoms with Crippen LogP contribution in [0.25, 0.3) is 0 Å². The minimum Gasteiger partial charge on any atom is -0.338 e. The number of carbonyl (C=O) groups excluding carboxylic acids is 1. The molecule has 0 heterocycles. The van der Waals surface area contributed by atoms with Crippen LogP contribution in [-0.4, -0.2) is 21.0 Å². The average molecular weight is 388 g/mol. The molecule has 0 fully saturated rings. The molecule has 0 aliphatic heterocycles. The number of amides is 2. The lowest BCUT2D eigenvalue weighted by molar-refractivity contribution is 0.252. The molecule has 0 unspecified atom stereocenters. The molecular formula is C15H15Cl2N3O3S. The fraction of sp³-hybridized carbons (Fsp3) is 0.133. The van der Waals surface area contributed by atoms with Gasteiger partial charge in [0.1, 0.15) is 0 Å². The van der Waals surface area contributed by atoms with E-state index in [0.29, 0.717) is 28.7 Å². The summed E-state index contributed by atoms with van der Waals surface area (Å²) in [5, 5.41) is 11.2. The van der Waals surface area contributed by atoms with E-state index in [4.69, 9.17) is 28.3 Å². The van der Waals surface area contributed by atoms with Crippen LogP contribution >= 0.6 is 23.2 Å². The summed E-state index contributed by atoms with van der Waals surface area (Å²) in [6.45, 7) is 0.362. The van der Waals surface area contributed by atoms with Crippen molar-refractivity contribution in [1.82, 2.24) is 5.32 Å². The topological polar surface area (TPSA) is 101 Å². The van der Waals surface area contributed by atoms with Gasteiger partial charge in [-0.15, -0.1) is 0 Å². The molecule has 2 aromatic rings. The first-order valence-electron chi connectivity index (χ1n) is 6.88. The number of halogens is 2. The van der Waals surface area contributed by atoms with E-state index in [2.05, 4.69) is 10.6 Å². The van der Waals surface area contributed by atoms with E-state index < -0.39 is 16.1 Å². The van der Waals surface area contributed by atoms with Crippen LogP contribution in [0, 0.1) is 0 Å². The Hall–Kier alpha value is -1.80. The minimum atomic E-state index is -3.75. The van der Waals surface area contributed by atoms with Crippen LogP contribution in [-0.2, 0) is 16.4 Å². The lowest BCUT2D eigenvalue weighted by Crippen LogP contribution is -2.30. The standard InChI is InChI=1S/C15H15Cl2N3O3S/c16-13-3-1-2-10(14(13)17)8-9-19-15(21)20-11-4-6-12(7-5-11)24(18,22)23/h1-7H,8-9H2,(H2,18,22,23)(H2,19,20,21). The first kappa shape index (κ1) is 18.5. The maximum Gasteiger partial charge on any atom is 0.319 e. The molecule has 2 amide bonds. The van der Waals surface area contributed by atoms with E-state index in [1.54, 1.807) is 12.1 Å². The van der Waals surface area contributed by atoms with Gasteiger partial charge >= 0.3 is 6.03 Å². The molecule has 2 rings (SSSR count). The molecule has 4 N–H and O–H groups in total. The Balaban J connectivity index is 1.86. The normalized spacial score (nSPS) is 11.1. The van der Waals surface area contributed by atoms with Gasteiger partial charge in [0.25, 0.3) is 0 Å². The van der Waals surface area contributed by atoms with Gasteiger partial charge in [0, 0.05) is 12.2 Å². The summed E-state index contributed by atoms with van der Waals surface area (Å²) in [6.07, 6.45) is 0.525. The first-order valence-corrected chi connectivity index (χ1v) is 9.18. The molecule has 0 saturated carbocycles. The average Bonchev–Trinajstić information content (AvgIpc) is 2.51. The highest BCUT2D eigenvalue weighted by molar-refractivity contribution is 7.89. The maximum atomic E-state index is 11.8. The van der Waals surface area contributed by atoms with Crippen LogP contribution in [0.5, 0.6) is 0 Å². The fourth-order valence-corrected chi connectivity index (χ4v) is 2.89. The Morgan fingerprint density at radius 2 is 1.75 bits per heavy atom. The van der Waals surface area contributed by atoms with Crippen molar-refractivity contribution in [3.63, 3.8) is 0 Å². The summed E-state index contributed by atoms with van der Waals surface area (Å²) >= 11 is 12.0. The number of benzene rings is 2. The van der Waals surface area contributed by atoms with Gasteiger partial charge in [0.2, 0.25) is 10.0 Å². The Bertz CT molecular complexity index is 840. The second kappa shape index (κ2) is 7.85. The van der Waals surface area contributed by atoms with Crippen molar-refractivity contribution in [3.05, 3.63) is 58.1 Å². The maximum absolute atomic E-state index is 11.8. The van der Waals surface area contributed by atoms with Crippen LogP contribution in [0.4, 0.5) is 10.5 Å². The molecule has 2 aromatic carbocycles. The van der Waals surface area contributed by atoms with Crippen LogP contribution in [0.3, 0.4) is 0 Å². The third-order valence-electron chi connectivity index (χ3n) is 3.15. The molecule has 0 aliphatic rings. The number of hydrogen-bond acceptors (Lipinski definition) is 3. The largest absolute Gasteiger partial charge is 0.338 e. The SMILES string of the molecule is NS(=O)(=O)c1ccc(NC(=O)NCCc2cccc(Cl)c2Cl)cc1. The zero-order valence-corrected chi connectivity index (χ0v) is 14.8. The molecule has 0 radical (unpaired) electrons. The van der Waals surface area contributed by atoms with E-state index in [1.807, 2.05) is 6.07 Å². The highest BCUT2D eigenvalue weighted by Crippen LogP contribution is 2.25. The number of anilines is 1. The minimum absolute atomic E-state index is 0.0240. The van der Waals surface area contributed by atoms with Gasteiger partial charge in [-0.05, 0) is 42.3 Å². The fourth-order valence-electron chi connectivity index (χ4n) is 1.96. The highest BCUT2D eigenvalue weighted by Gasteiger charge is 2.08. The third kappa shape index (κ3) is 5.10. The van der Waals surface area contributed by atoms with Gasteiger partial charge in [-0.2, -0.15) is 0 Å². The molecular weight excluding hydrogens is 373 g/mol. The molecule has 9 heteroatoms. The van der Waals surface area contributed by atoms with Gasteiger partial charge in [0.15, 0.2) is 0 Å². The van der Waals surface area contributed by atoms with Crippen molar-refractivity contribution in [1.29, 1.82) is 0 Å². The first-order chi connectivity index (χ1) is 11.3. The quantitative estimate of drug-likeness (QED) is 0.734. The molecule has 0 aliphatic carbocycles. The molecule has 128 valence electrons. The van der Waals surface area contributed by atoms with Crippen molar-refractivity contribution in [2.45, 2.75) is 11.3 Å². The second-order valence-electron chi connectivity index (χ2n) is 4.91. The van der Waals surface area contributed by atoms with E-state index in [0.717, 1.165) is 5.56 Å². The number of carbonyl (C=O) groups is 1. The summed E-state index contributed by atoms with van der Waals surface area (Å²) in [7, 11) is -3.75. The Labute approximate surface area is 150 Å². The summed E-state index contributed by atoms with van der Waals surface area (Å²) in [4.78, 5) is 11.8. The zero-order valence-electron chi connectivity index (χ0n) is 12.4. The van der Waals surface area contributed by atoms with Gasteiger partial charge < -0.3 is 10.6 Å². The van der Waals surface area contributed by atoms with Crippen molar-refractivity contribution in [3.8, 4) is 0 Å². The number of sulfonamides is 1. The molecule has 24 heavy (non-hydrogen) atoms. The van der Waals surface area contributed by atoms with Crippen LogP contribution in [0.15, 0.2) is 47.4 Å². The number of rotatable bonds is 5. The van der Waals surface area contributed by atoms with E-state index >= 15 is 0 Å². The van der Waals surface area contributed by atoms with E-state index in [1.165, 1.54) is 24.3 Å². The van der Waals surface area contributed by atoms with E-state index in [-0.39, 0.29) is 4.90 Å². The Kier molecular flexibility index (Phi) is 6.06. The van der Waals surface area contributed by atoms with E-state index in [9.17, 15) is 13.2 Å². The number of nitrogens with two attached hydrogens (primary N) is 1. The monoisotopic (exact) mass is 387 g/mol. The van der Waals surface area contributed by atoms with Crippen LogP contribution in [0.1, 0.15) is 5.56 Å². The third-order valence-corrected chi connectivity index (χ3v) is 4.94. The highest BCUT2D eigenvalue weighted by atomic mass is 35.5. The predicted molar refractivity (Wildman–Crippen MR) is 95.0 cm³/mol. The molecule has 0 spiro atoms. The molecule has 0 aromatic heterocycles. The van der Waals surface area contributed by atoms with Crippen molar-refractivity contribution < 1.29 is 13.2 Å². The Morgan fingerprint density at radius 3 is 2.38 bits per heavy atom. The summed E-state index contributed by atoms with van der Waals surface area (Å²) in [5.41, 5.74) is 1.28. The summed E-state index contributed by atoms with van der Waals surface area (Å²) in [6, 6.07) is 10.4. The smallest absolute Gasteiger partial charge is 0.319 e. The Morgan fingerprint density at radius 1 is 1.08 bits per heavy atom. The number of nitrogens with one attached hydrogen (secondary N) is 2. The number of urea groups is 1. The molecule has 6 nitrogen and oxygen atoms in total. The van der Waals surface area contributed by atoms with Gasteiger partial charge in [-0.1, -0.05) is 35.3 Å². The van der Waals surface area contributed by atoms with Crippen molar-refractivity contribution in [2.75, 3.05) is 11.9 Å². The zero-order chi connectivity index (χ0) is 17.7. The lowest BCUT2D eigenvalue weighted by Gasteiger charge is -2.09. The van der Waals surface area contributed by atoms with Gasteiger partial charge in [-0.3, -0.25) is 0 Å². The molecule has 0 bridgehead atoms. The predicted octanol–water partition coefficient (Wildman–Crippen LogP) is 3.01. The van der Waals surface area contributed by atoms with Gasteiger partial charge in [0.05, 0.1) is 14.9 Å². The molecule has 0 atom stereocenters.